The molecule has 2 aliphatic rings. The van der Waals surface area contributed by atoms with Crippen molar-refractivity contribution >= 4 is 23.3 Å². The Morgan fingerprint density at radius 3 is 2.64 bits per heavy atom. The zero-order valence-electron chi connectivity index (χ0n) is 18.1. The number of aryl methyl sites for hydroxylation is 1. The summed E-state index contributed by atoms with van der Waals surface area (Å²) in [5, 5.41) is 7.73. The first kappa shape index (κ1) is 20.1. The Bertz CT molecular complexity index is 1330. The third kappa shape index (κ3) is 3.49. The summed E-state index contributed by atoms with van der Waals surface area (Å²) in [6.45, 7) is 0. The smallest absolute Gasteiger partial charge is 0.319 e. The van der Waals surface area contributed by atoms with Crippen molar-refractivity contribution in [3.05, 3.63) is 101 Å². The normalized spacial score (nSPS) is 19.1. The highest BCUT2D eigenvalue weighted by atomic mass is 35.5. The number of oxazole rings is 1. The molecule has 2 atom stereocenters. The second-order valence-electron chi connectivity index (χ2n) is 8.38. The number of methoxy groups -OCH3 is 1. The highest BCUT2D eigenvalue weighted by Crippen LogP contribution is 2.45. The number of hydrogen-bond acceptors (Lipinski definition) is 5. The van der Waals surface area contributed by atoms with E-state index in [0.717, 1.165) is 35.6 Å². The third-order valence-corrected chi connectivity index (χ3v) is 6.75. The van der Waals surface area contributed by atoms with Crippen molar-refractivity contribution < 1.29 is 9.15 Å². The Labute approximate surface area is 197 Å². The predicted octanol–water partition coefficient (Wildman–Crippen LogP) is 6.53. The number of aromatic nitrogens is 1. The van der Waals surface area contributed by atoms with Crippen molar-refractivity contribution in [1.82, 2.24) is 4.98 Å². The van der Waals surface area contributed by atoms with Crippen LogP contribution in [0.25, 0.3) is 11.3 Å². The lowest BCUT2D eigenvalue weighted by atomic mass is 9.77. The lowest BCUT2D eigenvalue weighted by Crippen LogP contribution is -2.28. The van der Waals surface area contributed by atoms with Crippen molar-refractivity contribution in [3.8, 4) is 17.0 Å². The van der Waals surface area contributed by atoms with Gasteiger partial charge in [-0.05, 0) is 54.3 Å². The van der Waals surface area contributed by atoms with Crippen LogP contribution in [0.15, 0.2) is 88.6 Å². The fourth-order valence-electron chi connectivity index (χ4n) is 4.89. The lowest BCUT2D eigenvalue weighted by Gasteiger charge is -2.29. The van der Waals surface area contributed by atoms with Crippen LogP contribution in [0.2, 0.25) is 5.02 Å². The molecule has 0 amide bonds. The van der Waals surface area contributed by atoms with E-state index in [9.17, 15) is 0 Å². The summed E-state index contributed by atoms with van der Waals surface area (Å²) in [4.78, 5) is 4.80. The van der Waals surface area contributed by atoms with Crippen LogP contribution in [0.4, 0.5) is 6.01 Å². The number of halogens is 1. The second-order valence-corrected chi connectivity index (χ2v) is 8.81. The van der Waals surface area contributed by atoms with Crippen LogP contribution in [-0.4, -0.2) is 17.8 Å². The Morgan fingerprint density at radius 1 is 1.03 bits per heavy atom. The number of rotatable bonds is 4. The maximum absolute atomic E-state index is 6.05. The Hall–Kier alpha value is -3.57. The summed E-state index contributed by atoms with van der Waals surface area (Å²) in [5.74, 6) is 1.13. The van der Waals surface area contributed by atoms with Crippen LogP contribution >= 0.6 is 11.6 Å². The molecule has 1 aliphatic carbocycles. The van der Waals surface area contributed by atoms with E-state index in [-0.39, 0.29) is 12.0 Å². The van der Waals surface area contributed by atoms with E-state index in [1.54, 1.807) is 13.4 Å². The number of nitrogens with zero attached hydrogens (tertiary/aromatic N) is 3. The van der Waals surface area contributed by atoms with E-state index < -0.39 is 0 Å². The minimum atomic E-state index is 0.0215. The molecule has 5 nitrogen and oxygen atoms in total. The topological polar surface area (TPSA) is 50.9 Å². The highest BCUT2D eigenvalue weighted by molar-refractivity contribution is 6.30. The lowest BCUT2D eigenvalue weighted by molar-refractivity contribution is 0.413. The van der Waals surface area contributed by atoms with Gasteiger partial charge in [-0.15, -0.1) is 0 Å². The van der Waals surface area contributed by atoms with E-state index >= 15 is 0 Å². The standard InChI is InChI=1S/C27H22ClN3O2/c1-32-21-12-14-22-19(15-21)9-13-23-25(22)30-31(26(23)18-5-3-2-4-6-18)27-29-24(16-33-27)17-7-10-20(28)11-8-17/h2-8,10-12,14-16,23,26H,9,13H2,1H3/t23-,26+/m0/s1. The largest absolute Gasteiger partial charge is 0.497 e. The summed E-state index contributed by atoms with van der Waals surface area (Å²) in [6.07, 6.45) is 3.66. The summed E-state index contributed by atoms with van der Waals surface area (Å²) in [6, 6.07) is 24.9. The average molecular weight is 456 g/mol. The Kier molecular flexibility index (Phi) is 4.92. The molecule has 0 N–H and O–H groups in total. The third-order valence-electron chi connectivity index (χ3n) is 6.49. The second kappa shape index (κ2) is 8.09. The molecule has 33 heavy (non-hydrogen) atoms. The number of fused-ring (bicyclic) bond motifs is 3. The van der Waals surface area contributed by atoms with Gasteiger partial charge in [-0.3, -0.25) is 0 Å². The molecule has 6 heteroatoms. The van der Waals surface area contributed by atoms with Crippen LogP contribution in [0.1, 0.15) is 29.2 Å². The minimum Gasteiger partial charge on any atom is -0.497 e. The molecule has 4 aromatic rings. The molecular weight excluding hydrogens is 434 g/mol. The fraction of sp³-hybridized carbons (Fsp3) is 0.185. The van der Waals surface area contributed by atoms with Crippen molar-refractivity contribution in [1.29, 1.82) is 0 Å². The molecule has 0 bridgehead atoms. The predicted molar refractivity (Wildman–Crippen MR) is 130 cm³/mol. The molecule has 164 valence electrons. The van der Waals surface area contributed by atoms with Gasteiger partial charge in [0.25, 0.3) is 0 Å². The molecular formula is C27H22ClN3O2. The number of ether oxygens (including phenoxy) is 1. The summed E-state index contributed by atoms with van der Waals surface area (Å²) in [7, 11) is 1.70. The number of benzene rings is 3. The van der Waals surface area contributed by atoms with Crippen molar-refractivity contribution in [2.45, 2.75) is 18.9 Å². The Balaban J connectivity index is 1.43. The van der Waals surface area contributed by atoms with E-state index in [1.807, 2.05) is 41.4 Å². The number of hydrogen-bond donors (Lipinski definition) is 0. The van der Waals surface area contributed by atoms with Gasteiger partial charge in [0.15, 0.2) is 0 Å². The van der Waals surface area contributed by atoms with Crippen molar-refractivity contribution in [3.63, 3.8) is 0 Å². The van der Waals surface area contributed by atoms with E-state index in [2.05, 4.69) is 36.4 Å². The minimum absolute atomic E-state index is 0.0215. The van der Waals surface area contributed by atoms with Crippen LogP contribution in [0, 0.1) is 5.92 Å². The van der Waals surface area contributed by atoms with Gasteiger partial charge in [0.2, 0.25) is 0 Å². The van der Waals surface area contributed by atoms with Crippen molar-refractivity contribution in [2.75, 3.05) is 12.1 Å². The van der Waals surface area contributed by atoms with Gasteiger partial charge in [-0.25, -0.2) is 5.01 Å². The van der Waals surface area contributed by atoms with Gasteiger partial charge in [-0.2, -0.15) is 10.1 Å². The van der Waals surface area contributed by atoms with Gasteiger partial charge in [0.1, 0.15) is 17.7 Å². The maximum Gasteiger partial charge on any atom is 0.319 e. The number of hydrazone groups is 1. The van der Waals surface area contributed by atoms with Crippen LogP contribution < -0.4 is 9.75 Å². The fourth-order valence-corrected chi connectivity index (χ4v) is 5.02. The molecule has 0 fully saturated rings. The van der Waals surface area contributed by atoms with Gasteiger partial charge in [-0.1, -0.05) is 54.1 Å². The van der Waals surface area contributed by atoms with Crippen LogP contribution in [0.3, 0.4) is 0 Å². The van der Waals surface area contributed by atoms with E-state index in [1.165, 1.54) is 16.7 Å². The summed E-state index contributed by atoms with van der Waals surface area (Å²) >= 11 is 6.05. The molecule has 0 saturated carbocycles. The molecule has 2 heterocycles. The van der Waals surface area contributed by atoms with Crippen LogP contribution in [-0.2, 0) is 6.42 Å². The van der Waals surface area contributed by atoms with Gasteiger partial charge in [0, 0.05) is 22.1 Å². The van der Waals surface area contributed by atoms with Gasteiger partial charge in [0.05, 0.1) is 18.9 Å². The molecule has 1 aliphatic heterocycles. The summed E-state index contributed by atoms with van der Waals surface area (Å²) < 4.78 is 11.4. The molecule has 0 radical (unpaired) electrons. The highest BCUT2D eigenvalue weighted by Gasteiger charge is 2.43. The molecule has 1 aromatic heterocycles. The Morgan fingerprint density at radius 2 is 1.85 bits per heavy atom. The molecule has 0 unspecified atom stereocenters. The molecule has 0 spiro atoms. The monoisotopic (exact) mass is 455 g/mol. The zero-order chi connectivity index (χ0) is 22.4. The molecule has 6 rings (SSSR count). The van der Waals surface area contributed by atoms with E-state index in [4.69, 9.17) is 30.8 Å². The van der Waals surface area contributed by atoms with E-state index in [0.29, 0.717) is 11.0 Å². The summed E-state index contributed by atoms with van der Waals surface area (Å²) in [5.41, 5.74) is 6.44. The van der Waals surface area contributed by atoms with Crippen LogP contribution in [0.5, 0.6) is 5.75 Å². The van der Waals surface area contributed by atoms with Crippen molar-refractivity contribution in [2.24, 2.45) is 11.0 Å². The first-order valence-electron chi connectivity index (χ1n) is 11.0. The van der Waals surface area contributed by atoms with Gasteiger partial charge < -0.3 is 9.15 Å². The zero-order valence-corrected chi connectivity index (χ0v) is 18.9. The molecule has 0 saturated heterocycles. The SMILES string of the molecule is COc1ccc2c(c1)CC[C@H]1C2=NN(c2nc(-c3ccc(Cl)cc3)co2)[C@@H]1c1ccccc1. The maximum atomic E-state index is 6.05. The number of anilines is 1. The van der Waals surface area contributed by atoms with Gasteiger partial charge >= 0.3 is 6.01 Å². The first-order valence-corrected chi connectivity index (χ1v) is 11.4. The first-order chi connectivity index (χ1) is 16.2. The average Bonchev–Trinajstić information content (AvgIpc) is 3.50. The molecule has 3 aromatic carbocycles. The quantitative estimate of drug-likeness (QED) is 0.351.